The molecule has 0 bridgehead atoms. The molecule has 0 saturated heterocycles. The van der Waals surface area contributed by atoms with Crippen molar-refractivity contribution >= 4 is 5.97 Å². The van der Waals surface area contributed by atoms with Crippen LogP contribution in [0.1, 0.15) is 52.9 Å². The van der Waals surface area contributed by atoms with Crippen LogP contribution in [0, 0.1) is 11.3 Å². The second kappa shape index (κ2) is 6.39. The van der Waals surface area contributed by atoms with Gasteiger partial charge >= 0.3 is 5.97 Å². The van der Waals surface area contributed by atoms with Crippen LogP contribution >= 0.6 is 0 Å². The van der Waals surface area contributed by atoms with E-state index in [1.54, 1.807) is 0 Å². The highest BCUT2D eigenvalue weighted by atomic mass is 16.5. The molecule has 3 heteroatoms. The first-order valence-corrected chi connectivity index (χ1v) is 6.83. The van der Waals surface area contributed by atoms with E-state index in [1.807, 2.05) is 13.8 Å². The Morgan fingerprint density at radius 3 is 2.59 bits per heavy atom. The molecule has 0 aromatic heterocycles. The van der Waals surface area contributed by atoms with Crippen LogP contribution in [0.2, 0.25) is 0 Å². The zero-order chi connectivity index (χ0) is 12.9. The zero-order valence-corrected chi connectivity index (χ0v) is 11.7. The quantitative estimate of drug-likeness (QED) is 0.752. The van der Waals surface area contributed by atoms with Crippen molar-refractivity contribution in [3.05, 3.63) is 0 Å². The average Bonchev–Trinajstić information content (AvgIpc) is 2.35. The number of rotatable bonds is 5. The Balaban J connectivity index is 2.45. The van der Waals surface area contributed by atoms with E-state index in [4.69, 9.17) is 4.74 Å². The van der Waals surface area contributed by atoms with Crippen LogP contribution in [0.15, 0.2) is 0 Å². The van der Waals surface area contributed by atoms with E-state index in [0.29, 0.717) is 12.6 Å². The van der Waals surface area contributed by atoms with Gasteiger partial charge < -0.3 is 10.1 Å². The summed E-state index contributed by atoms with van der Waals surface area (Å²) in [5.41, 5.74) is -0.426. The molecular weight excluding hydrogens is 214 g/mol. The molecule has 0 radical (unpaired) electrons. The lowest BCUT2D eigenvalue weighted by atomic mass is 9.82. The fraction of sp³-hybridized carbons (Fsp3) is 0.929. The van der Waals surface area contributed by atoms with Gasteiger partial charge in [-0.15, -0.1) is 0 Å². The molecule has 0 aromatic carbocycles. The number of ether oxygens (including phenoxy) is 1. The molecule has 3 nitrogen and oxygen atoms in total. The predicted molar refractivity (Wildman–Crippen MR) is 69.8 cm³/mol. The lowest BCUT2D eigenvalue weighted by Crippen LogP contribution is -2.45. The summed E-state index contributed by atoms with van der Waals surface area (Å²) < 4.78 is 4.83. The molecule has 2 atom stereocenters. The highest BCUT2D eigenvalue weighted by Crippen LogP contribution is 2.27. The minimum atomic E-state index is -0.426. The van der Waals surface area contributed by atoms with Gasteiger partial charge in [-0.3, -0.25) is 4.79 Å². The van der Waals surface area contributed by atoms with E-state index >= 15 is 0 Å². The van der Waals surface area contributed by atoms with Crippen LogP contribution in [0.25, 0.3) is 0 Å². The second-order valence-corrected chi connectivity index (χ2v) is 5.82. The standard InChI is InChI=1S/C14H27NO2/c1-5-11-8-6-7-9-12(11)15-10-14(2,3)13(16)17-4/h11-12,15H,5-10H2,1-4H3. The monoisotopic (exact) mass is 241 g/mol. The number of hydrogen-bond donors (Lipinski definition) is 1. The van der Waals surface area contributed by atoms with Gasteiger partial charge in [0, 0.05) is 12.6 Å². The number of carbonyl (C=O) groups is 1. The smallest absolute Gasteiger partial charge is 0.312 e. The van der Waals surface area contributed by atoms with Gasteiger partial charge in [0.2, 0.25) is 0 Å². The van der Waals surface area contributed by atoms with Crippen molar-refractivity contribution in [3.63, 3.8) is 0 Å². The molecule has 2 unspecified atom stereocenters. The first-order chi connectivity index (χ1) is 8.01. The first kappa shape index (κ1) is 14.5. The summed E-state index contributed by atoms with van der Waals surface area (Å²) in [5, 5.41) is 3.58. The van der Waals surface area contributed by atoms with Gasteiger partial charge in [0.25, 0.3) is 0 Å². The second-order valence-electron chi connectivity index (χ2n) is 5.82. The number of hydrogen-bond acceptors (Lipinski definition) is 3. The van der Waals surface area contributed by atoms with E-state index in [-0.39, 0.29) is 5.97 Å². The van der Waals surface area contributed by atoms with Crippen LogP contribution in [-0.4, -0.2) is 25.7 Å². The van der Waals surface area contributed by atoms with E-state index in [1.165, 1.54) is 39.2 Å². The lowest BCUT2D eigenvalue weighted by molar-refractivity contribution is -0.150. The van der Waals surface area contributed by atoms with Gasteiger partial charge in [-0.25, -0.2) is 0 Å². The largest absolute Gasteiger partial charge is 0.469 e. The summed E-state index contributed by atoms with van der Waals surface area (Å²) >= 11 is 0. The molecule has 1 fully saturated rings. The Hall–Kier alpha value is -0.570. The molecule has 1 N–H and O–H groups in total. The Morgan fingerprint density at radius 1 is 1.35 bits per heavy atom. The third kappa shape index (κ3) is 3.98. The Kier molecular flexibility index (Phi) is 5.44. The van der Waals surface area contributed by atoms with Crippen molar-refractivity contribution in [2.45, 2.75) is 58.9 Å². The lowest BCUT2D eigenvalue weighted by Gasteiger charge is -2.34. The molecular formula is C14H27NO2. The molecule has 0 amide bonds. The van der Waals surface area contributed by atoms with Crippen molar-refractivity contribution in [1.29, 1.82) is 0 Å². The molecule has 1 rings (SSSR count). The average molecular weight is 241 g/mol. The predicted octanol–water partition coefficient (Wildman–Crippen LogP) is 2.74. The third-order valence-electron chi connectivity index (χ3n) is 3.98. The maximum absolute atomic E-state index is 11.6. The van der Waals surface area contributed by atoms with Crippen molar-refractivity contribution in [2.24, 2.45) is 11.3 Å². The van der Waals surface area contributed by atoms with Gasteiger partial charge in [-0.2, -0.15) is 0 Å². The maximum atomic E-state index is 11.6. The molecule has 0 aromatic rings. The summed E-state index contributed by atoms with van der Waals surface area (Å²) in [4.78, 5) is 11.6. The molecule has 0 aliphatic heterocycles. The van der Waals surface area contributed by atoms with Crippen molar-refractivity contribution in [2.75, 3.05) is 13.7 Å². The molecule has 17 heavy (non-hydrogen) atoms. The van der Waals surface area contributed by atoms with Crippen LogP contribution < -0.4 is 5.32 Å². The molecule has 100 valence electrons. The van der Waals surface area contributed by atoms with Gasteiger partial charge in [0.15, 0.2) is 0 Å². The first-order valence-electron chi connectivity index (χ1n) is 6.83. The molecule has 1 saturated carbocycles. The van der Waals surface area contributed by atoms with Crippen molar-refractivity contribution in [1.82, 2.24) is 5.32 Å². The van der Waals surface area contributed by atoms with E-state index in [9.17, 15) is 4.79 Å². The molecule has 1 aliphatic rings. The van der Waals surface area contributed by atoms with E-state index < -0.39 is 5.41 Å². The fourth-order valence-corrected chi connectivity index (χ4v) is 2.70. The summed E-state index contributed by atoms with van der Waals surface area (Å²) in [5.74, 6) is 0.644. The summed E-state index contributed by atoms with van der Waals surface area (Å²) in [6, 6.07) is 0.581. The number of nitrogens with one attached hydrogen (secondary N) is 1. The number of methoxy groups -OCH3 is 1. The number of carbonyl (C=O) groups excluding carboxylic acids is 1. The van der Waals surface area contributed by atoms with Gasteiger partial charge in [0.05, 0.1) is 12.5 Å². The van der Waals surface area contributed by atoms with Crippen LogP contribution in [0.3, 0.4) is 0 Å². The zero-order valence-electron chi connectivity index (χ0n) is 11.7. The Bertz CT molecular complexity index is 251. The third-order valence-corrected chi connectivity index (χ3v) is 3.98. The van der Waals surface area contributed by atoms with Crippen molar-refractivity contribution in [3.8, 4) is 0 Å². The highest BCUT2D eigenvalue weighted by molar-refractivity contribution is 5.76. The number of esters is 1. The van der Waals surface area contributed by atoms with Crippen molar-refractivity contribution < 1.29 is 9.53 Å². The maximum Gasteiger partial charge on any atom is 0.312 e. The van der Waals surface area contributed by atoms with Gasteiger partial charge in [-0.1, -0.05) is 26.2 Å². The minimum absolute atomic E-state index is 0.131. The summed E-state index contributed by atoms with van der Waals surface area (Å²) in [6.45, 7) is 6.85. The molecule has 0 heterocycles. The normalized spacial score (nSPS) is 25.6. The Labute approximate surface area is 105 Å². The molecule has 0 spiro atoms. The topological polar surface area (TPSA) is 38.3 Å². The SMILES string of the molecule is CCC1CCCCC1NCC(C)(C)C(=O)OC. The van der Waals surface area contributed by atoms with Crippen LogP contribution in [0.4, 0.5) is 0 Å². The van der Waals surface area contributed by atoms with E-state index in [0.717, 1.165) is 5.92 Å². The highest BCUT2D eigenvalue weighted by Gasteiger charge is 2.31. The summed E-state index contributed by atoms with van der Waals surface area (Å²) in [7, 11) is 1.46. The van der Waals surface area contributed by atoms with E-state index in [2.05, 4.69) is 12.2 Å². The van der Waals surface area contributed by atoms with Gasteiger partial charge in [-0.05, 0) is 32.6 Å². The summed E-state index contributed by atoms with van der Waals surface area (Å²) in [6.07, 6.45) is 6.47. The van der Waals surface area contributed by atoms with Crippen LogP contribution in [-0.2, 0) is 9.53 Å². The Morgan fingerprint density at radius 2 is 2.00 bits per heavy atom. The molecule has 1 aliphatic carbocycles. The van der Waals surface area contributed by atoms with Crippen LogP contribution in [0.5, 0.6) is 0 Å². The fourth-order valence-electron chi connectivity index (χ4n) is 2.70. The minimum Gasteiger partial charge on any atom is -0.469 e. The van der Waals surface area contributed by atoms with Gasteiger partial charge in [0.1, 0.15) is 0 Å².